The Morgan fingerprint density at radius 1 is 1.00 bits per heavy atom. The van der Waals surface area contributed by atoms with E-state index in [1.165, 1.54) is 12.1 Å². The molecule has 0 radical (unpaired) electrons. The first-order chi connectivity index (χ1) is 16.2. The van der Waals surface area contributed by atoms with Crippen molar-refractivity contribution in [2.45, 2.75) is 13.1 Å². The van der Waals surface area contributed by atoms with Gasteiger partial charge in [0.1, 0.15) is 11.5 Å². The van der Waals surface area contributed by atoms with E-state index in [4.69, 9.17) is 4.74 Å². The predicted molar refractivity (Wildman–Crippen MR) is 122 cm³/mol. The zero-order chi connectivity index (χ0) is 24.3. The van der Waals surface area contributed by atoms with Crippen molar-refractivity contribution in [3.8, 4) is 22.8 Å². The van der Waals surface area contributed by atoms with E-state index in [0.29, 0.717) is 22.9 Å². The highest BCUT2D eigenvalue weighted by atomic mass is 19.4. The van der Waals surface area contributed by atoms with Crippen LogP contribution in [0, 0.1) is 6.92 Å². The summed E-state index contributed by atoms with van der Waals surface area (Å²) in [6, 6.07) is 12.3. The second kappa shape index (κ2) is 9.26. The second-order valence-electron chi connectivity index (χ2n) is 7.51. The summed E-state index contributed by atoms with van der Waals surface area (Å²) in [7, 11) is 1.82. The Balaban J connectivity index is 1.44. The number of aryl methyl sites for hydroxylation is 2. The summed E-state index contributed by atoms with van der Waals surface area (Å²) in [5, 5.41) is 9.35. The van der Waals surface area contributed by atoms with Gasteiger partial charge in [0.25, 0.3) is 0 Å². The highest BCUT2D eigenvalue weighted by molar-refractivity contribution is 6.00. The smallest absolute Gasteiger partial charge is 0.416 e. The number of pyridine rings is 1. The lowest BCUT2D eigenvalue weighted by Gasteiger charge is -2.13. The van der Waals surface area contributed by atoms with Crippen molar-refractivity contribution in [1.29, 1.82) is 0 Å². The van der Waals surface area contributed by atoms with E-state index in [-0.39, 0.29) is 5.69 Å². The number of nitrogens with one attached hydrogen (secondary N) is 2. The number of rotatable bonds is 5. The fourth-order valence-corrected chi connectivity index (χ4v) is 3.15. The number of halogens is 3. The minimum atomic E-state index is -4.44. The van der Waals surface area contributed by atoms with E-state index in [1.54, 1.807) is 47.4 Å². The minimum absolute atomic E-state index is 0.232. The largest absolute Gasteiger partial charge is 0.457 e. The third-order valence-corrected chi connectivity index (χ3v) is 4.90. The summed E-state index contributed by atoms with van der Waals surface area (Å²) in [4.78, 5) is 16.7. The monoisotopic (exact) mass is 467 g/mol. The molecule has 174 valence electrons. The van der Waals surface area contributed by atoms with E-state index in [2.05, 4.69) is 20.7 Å². The van der Waals surface area contributed by atoms with Crippen molar-refractivity contribution in [2.24, 2.45) is 7.05 Å². The summed E-state index contributed by atoms with van der Waals surface area (Å²) in [6.07, 6.45) is 0.735. The molecule has 0 fully saturated rings. The molecule has 0 aliphatic rings. The molecule has 0 saturated heterocycles. The van der Waals surface area contributed by atoms with Gasteiger partial charge in [0.2, 0.25) is 0 Å². The van der Waals surface area contributed by atoms with Gasteiger partial charge in [-0.2, -0.15) is 18.3 Å². The van der Waals surface area contributed by atoms with Gasteiger partial charge in [-0.3, -0.25) is 9.67 Å². The van der Waals surface area contributed by atoms with E-state index in [0.717, 1.165) is 23.3 Å². The Kier molecular flexibility index (Phi) is 6.22. The number of nitrogens with zero attached hydrogens (tertiary/aromatic N) is 3. The molecule has 0 unspecified atom stereocenters. The van der Waals surface area contributed by atoms with Crippen molar-refractivity contribution in [2.75, 3.05) is 10.6 Å². The number of anilines is 2. The van der Waals surface area contributed by atoms with Gasteiger partial charge in [-0.15, -0.1) is 0 Å². The van der Waals surface area contributed by atoms with Crippen LogP contribution in [-0.2, 0) is 13.2 Å². The number of carbonyl (C=O) groups is 1. The normalized spacial score (nSPS) is 11.2. The molecule has 0 spiro atoms. The molecular formula is C24H20F3N5O2. The molecule has 7 nitrogen and oxygen atoms in total. The molecule has 2 N–H and O–H groups in total. The first-order valence-electron chi connectivity index (χ1n) is 10.2. The van der Waals surface area contributed by atoms with Gasteiger partial charge in [-0.25, -0.2) is 4.79 Å². The zero-order valence-electron chi connectivity index (χ0n) is 18.2. The van der Waals surface area contributed by atoms with Gasteiger partial charge in [-0.1, -0.05) is 6.07 Å². The highest BCUT2D eigenvalue weighted by Crippen LogP contribution is 2.31. The van der Waals surface area contributed by atoms with Crippen LogP contribution < -0.4 is 15.4 Å². The lowest BCUT2D eigenvalue weighted by molar-refractivity contribution is -0.137. The average molecular weight is 467 g/mol. The number of alkyl halides is 3. The topological polar surface area (TPSA) is 81.1 Å². The van der Waals surface area contributed by atoms with Gasteiger partial charge in [0.05, 0.1) is 17.5 Å². The lowest BCUT2D eigenvalue weighted by Crippen LogP contribution is -2.20. The van der Waals surface area contributed by atoms with Crippen molar-refractivity contribution >= 4 is 17.4 Å². The number of hydrogen-bond donors (Lipinski definition) is 2. The average Bonchev–Trinajstić information content (AvgIpc) is 3.22. The SMILES string of the molecule is Cc1ccc(Oc2ccnc(-c3cnn(C)c3)c2)cc1NC(=O)Nc1ccc(C(F)(F)F)cc1. The maximum Gasteiger partial charge on any atom is 0.416 e. The van der Waals surface area contributed by atoms with Crippen LogP contribution in [0.4, 0.5) is 29.3 Å². The van der Waals surface area contributed by atoms with Crippen molar-refractivity contribution in [1.82, 2.24) is 14.8 Å². The minimum Gasteiger partial charge on any atom is -0.457 e. The molecule has 2 aromatic carbocycles. The molecule has 2 heterocycles. The molecular weight excluding hydrogens is 447 g/mol. The molecule has 2 aromatic heterocycles. The predicted octanol–water partition coefficient (Wildman–Crippen LogP) is 6.25. The highest BCUT2D eigenvalue weighted by Gasteiger charge is 2.30. The molecule has 10 heteroatoms. The van der Waals surface area contributed by atoms with E-state index in [1.807, 2.05) is 20.2 Å². The fourth-order valence-electron chi connectivity index (χ4n) is 3.15. The number of ether oxygens (including phenoxy) is 1. The van der Waals surface area contributed by atoms with Crippen LogP contribution in [0.25, 0.3) is 11.3 Å². The number of carbonyl (C=O) groups excluding carboxylic acids is 1. The summed E-state index contributed by atoms with van der Waals surface area (Å²) < 4.78 is 45.7. The lowest BCUT2D eigenvalue weighted by atomic mass is 10.2. The Bertz CT molecular complexity index is 1320. The van der Waals surface area contributed by atoms with Crippen LogP contribution in [0.1, 0.15) is 11.1 Å². The second-order valence-corrected chi connectivity index (χ2v) is 7.51. The van der Waals surface area contributed by atoms with Crippen LogP contribution in [0.2, 0.25) is 0 Å². The van der Waals surface area contributed by atoms with E-state index in [9.17, 15) is 18.0 Å². The molecule has 0 atom stereocenters. The zero-order valence-corrected chi connectivity index (χ0v) is 18.2. The first-order valence-corrected chi connectivity index (χ1v) is 10.2. The Hall–Kier alpha value is -4.34. The van der Waals surface area contributed by atoms with Gasteiger partial charge < -0.3 is 15.4 Å². The molecule has 2 amide bonds. The van der Waals surface area contributed by atoms with Crippen molar-refractivity contribution in [3.63, 3.8) is 0 Å². The molecule has 34 heavy (non-hydrogen) atoms. The quantitative estimate of drug-likeness (QED) is 0.364. The number of hydrogen-bond acceptors (Lipinski definition) is 4. The van der Waals surface area contributed by atoms with Crippen LogP contribution in [0.15, 0.2) is 73.2 Å². The molecule has 0 bridgehead atoms. The Labute approximate surface area is 193 Å². The summed E-state index contributed by atoms with van der Waals surface area (Å²) in [5.41, 5.74) is 2.26. The summed E-state index contributed by atoms with van der Waals surface area (Å²) in [6.45, 7) is 1.81. The van der Waals surface area contributed by atoms with Crippen LogP contribution in [0.3, 0.4) is 0 Å². The van der Waals surface area contributed by atoms with E-state index >= 15 is 0 Å². The van der Waals surface area contributed by atoms with Crippen molar-refractivity contribution in [3.05, 3.63) is 84.3 Å². The molecule has 4 rings (SSSR count). The molecule has 0 saturated carbocycles. The first kappa shape index (κ1) is 22.8. The standard InChI is InChI=1S/C24H20F3N5O2/c1-15-3-8-19(34-20-9-10-28-22(12-20)16-13-29-32(2)14-16)11-21(15)31-23(33)30-18-6-4-17(5-7-18)24(25,26)27/h3-14H,1-2H3,(H2,30,31,33). The van der Waals surface area contributed by atoms with Crippen molar-refractivity contribution < 1.29 is 22.7 Å². The Morgan fingerprint density at radius 3 is 2.41 bits per heavy atom. The van der Waals surface area contributed by atoms with Crippen LogP contribution in [-0.4, -0.2) is 20.8 Å². The Morgan fingerprint density at radius 2 is 1.74 bits per heavy atom. The van der Waals surface area contributed by atoms with Gasteiger partial charge in [-0.05, 0) is 48.9 Å². The van der Waals surface area contributed by atoms with Gasteiger partial charge in [0.15, 0.2) is 0 Å². The van der Waals surface area contributed by atoms with Crippen LogP contribution >= 0.6 is 0 Å². The maximum absolute atomic E-state index is 12.7. The summed E-state index contributed by atoms with van der Waals surface area (Å²) >= 11 is 0. The number of amides is 2. The number of benzene rings is 2. The fraction of sp³-hybridized carbons (Fsp3) is 0.125. The van der Waals surface area contributed by atoms with Gasteiger partial charge >= 0.3 is 12.2 Å². The third kappa shape index (κ3) is 5.52. The maximum atomic E-state index is 12.7. The molecule has 0 aliphatic heterocycles. The molecule has 0 aliphatic carbocycles. The number of aromatic nitrogens is 3. The van der Waals surface area contributed by atoms with Crippen LogP contribution in [0.5, 0.6) is 11.5 Å². The third-order valence-electron chi connectivity index (χ3n) is 4.90. The summed E-state index contributed by atoms with van der Waals surface area (Å²) in [5.74, 6) is 1.04. The molecule has 4 aromatic rings. The number of urea groups is 1. The van der Waals surface area contributed by atoms with E-state index < -0.39 is 17.8 Å². The van der Waals surface area contributed by atoms with Gasteiger partial charge in [0, 0.05) is 48.5 Å².